The van der Waals surface area contributed by atoms with Gasteiger partial charge in [0.2, 0.25) is 0 Å². The highest BCUT2D eigenvalue weighted by atomic mass is 79.9. The fourth-order valence-corrected chi connectivity index (χ4v) is 1.71. The highest BCUT2D eigenvalue weighted by molar-refractivity contribution is 9.08. The van der Waals surface area contributed by atoms with E-state index in [0.717, 1.165) is 6.20 Å². The molecule has 0 radical (unpaired) electrons. The molecule has 0 bridgehead atoms. The Morgan fingerprint density at radius 3 is 2.64 bits per heavy atom. The molecule has 0 unspecified atom stereocenters. The SMILES string of the molecule is O=Cc1c[nH]c(=O)c(C(F)F)c1CBr. The van der Waals surface area contributed by atoms with Gasteiger partial charge in [-0.1, -0.05) is 15.9 Å². The normalized spacial score (nSPS) is 10.6. The van der Waals surface area contributed by atoms with Crippen molar-refractivity contribution in [3.63, 3.8) is 0 Å². The molecule has 0 spiro atoms. The van der Waals surface area contributed by atoms with Crippen LogP contribution in [0.3, 0.4) is 0 Å². The van der Waals surface area contributed by atoms with Crippen molar-refractivity contribution in [2.24, 2.45) is 0 Å². The maximum absolute atomic E-state index is 12.4. The zero-order valence-corrected chi connectivity index (χ0v) is 8.48. The summed E-state index contributed by atoms with van der Waals surface area (Å²) in [6.07, 6.45) is -1.33. The summed E-state index contributed by atoms with van der Waals surface area (Å²) < 4.78 is 24.9. The summed E-state index contributed by atoms with van der Waals surface area (Å²) in [5, 5.41) is 0.0463. The molecule has 1 rings (SSSR count). The third-order valence-corrected chi connectivity index (χ3v) is 2.32. The fourth-order valence-electron chi connectivity index (χ4n) is 1.09. The number of alkyl halides is 3. The van der Waals surface area contributed by atoms with Crippen molar-refractivity contribution in [1.82, 2.24) is 4.98 Å². The van der Waals surface area contributed by atoms with Crippen molar-refractivity contribution in [2.45, 2.75) is 11.8 Å². The number of halogens is 3. The van der Waals surface area contributed by atoms with Crippen molar-refractivity contribution >= 4 is 22.2 Å². The number of aromatic amines is 1. The van der Waals surface area contributed by atoms with Gasteiger partial charge in [-0.2, -0.15) is 0 Å². The van der Waals surface area contributed by atoms with Gasteiger partial charge < -0.3 is 4.98 Å². The Kier molecular flexibility index (Phi) is 3.51. The molecule has 0 aliphatic carbocycles. The van der Waals surface area contributed by atoms with Crippen LogP contribution < -0.4 is 5.56 Å². The summed E-state index contributed by atoms with van der Waals surface area (Å²) in [5.41, 5.74) is -1.40. The lowest BCUT2D eigenvalue weighted by molar-refractivity contribution is 0.112. The summed E-state index contributed by atoms with van der Waals surface area (Å²) in [4.78, 5) is 23.6. The molecular weight excluding hydrogens is 260 g/mol. The van der Waals surface area contributed by atoms with Crippen LogP contribution in [-0.2, 0) is 5.33 Å². The van der Waals surface area contributed by atoms with E-state index >= 15 is 0 Å². The fraction of sp³-hybridized carbons (Fsp3) is 0.250. The van der Waals surface area contributed by atoms with Gasteiger partial charge in [-0.05, 0) is 5.56 Å². The zero-order valence-electron chi connectivity index (χ0n) is 6.89. The molecule has 0 atom stereocenters. The van der Waals surface area contributed by atoms with Crippen LogP contribution in [0.25, 0.3) is 0 Å². The van der Waals surface area contributed by atoms with Crippen LogP contribution in [0.2, 0.25) is 0 Å². The minimum Gasteiger partial charge on any atom is -0.328 e. The van der Waals surface area contributed by atoms with Gasteiger partial charge in [-0.3, -0.25) is 9.59 Å². The van der Waals surface area contributed by atoms with Crippen molar-refractivity contribution in [3.8, 4) is 0 Å². The van der Waals surface area contributed by atoms with E-state index in [2.05, 4.69) is 20.9 Å². The van der Waals surface area contributed by atoms with Gasteiger partial charge in [0, 0.05) is 17.1 Å². The molecule has 6 heteroatoms. The molecule has 3 nitrogen and oxygen atoms in total. The molecule has 14 heavy (non-hydrogen) atoms. The van der Waals surface area contributed by atoms with Gasteiger partial charge in [-0.25, -0.2) is 8.78 Å². The van der Waals surface area contributed by atoms with Crippen molar-refractivity contribution in [2.75, 3.05) is 0 Å². The van der Waals surface area contributed by atoms with E-state index in [1.807, 2.05) is 0 Å². The molecule has 0 aliphatic rings. The lowest BCUT2D eigenvalue weighted by Crippen LogP contribution is -2.17. The van der Waals surface area contributed by atoms with Gasteiger partial charge in [-0.15, -0.1) is 0 Å². The molecule has 1 N–H and O–H groups in total. The number of aldehydes is 1. The van der Waals surface area contributed by atoms with E-state index in [1.54, 1.807) is 0 Å². The van der Waals surface area contributed by atoms with E-state index < -0.39 is 17.5 Å². The van der Waals surface area contributed by atoms with Crippen LogP contribution in [0.15, 0.2) is 11.0 Å². The first kappa shape index (κ1) is 11.0. The van der Waals surface area contributed by atoms with Crippen LogP contribution in [-0.4, -0.2) is 11.3 Å². The summed E-state index contributed by atoms with van der Waals surface area (Å²) >= 11 is 2.96. The standard InChI is InChI=1S/C8H6BrF2NO2/c9-1-5-4(3-13)2-12-8(14)6(5)7(10)11/h2-3,7H,1H2,(H,12,14). The average molecular weight is 266 g/mol. The van der Waals surface area contributed by atoms with E-state index in [0.29, 0.717) is 6.29 Å². The van der Waals surface area contributed by atoms with Crippen molar-refractivity contribution in [3.05, 3.63) is 33.2 Å². The Morgan fingerprint density at radius 2 is 2.21 bits per heavy atom. The number of pyridine rings is 1. The summed E-state index contributed by atoms with van der Waals surface area (Å²) in [6, 6.07) is 0. The number of rotatable bonds is 3. The molecule has 1 heterocycles. The summed E-state index contributed by atoms with van der Waals surface area (Å²) in [6.45, 7) is 0. The number of hydrogen-bond donors (Lipinski definition) is 1. The predicted molar refractivity (Wildman–Crippen MR) is 50.0 cm³/mol. The second-order valence-corrected chi connectivity index (χ2v) is 3.08. The maximum Gasteiger partial charge on any atom is 0.269 e. The van der Waals surface area contributed by atoms with Crippen LogP contribution in [0.4, 0.5) is 8.78 Å². The largest absolute Gasteiger partial charge is 0.328 e. The van der Waals surface area contributed by atoms with Gasteiger partial charge in [0.25, 0.3) is 12.0 Å². The van der Waals surface area contributed by atoms with Crippen LogP contribution in [0.1, 0.15) is 27.9 Å². The summed E-state index contributed by atoms with van der Waals surface area (Å²) in [5.74, 6) is 0. The lowest BCUT2D eigenvalue weighted by Gasteiger charge is -2.06. The Hall–Kier alpha value is -1.04. The van der Waals surface area contributed by atoms with Crippen LogP contribution in [0.5, 0.6) is 0 Å². The predicted octanol–water partition coefficient (Wildman–Crippen LogP) is 2.02. The molecule has 1 aromatic heterocycles. The van der Waals surface area contributed by atoms with E-state index in [9.17, 15) is 18.4 Å². The molecule has 0 fully saturated rings. The number of nitrogens with one attached hydrogen (secondary N) is 1. The van der Waals surface area contributed by atoms with Gasteiger partial charge in [0.1, 0.15) is 0 Å². The Morgan fingerprint density at radius 1 is 1.57 bits per heavy atom. The van der Waals surface area contributed by atoms with Crippen LogP contribution >= 0.6 is 15.9 Å². The first-order valence-corrected chi connectivity index (χ1v) is 4.77. The Bertz CT molecular complexity index is 403. The van der Waals surface area contributed by atoms with Crippen LogP contribution in [0, 0.1) is 0 Å². The van der Waals surface area contributed by atoms with Crippen molar-refractivity contribution < 1.29 is 13.6 Å². The van der Waals surface area contributed by atoms with Crippen molar-refractivity contribution in [1.29, 1.82) is 0 Å². The molecule has 76 valence electrons. The van der Waals surface area contributed by atoms with Gasteiger partial charge >= 0.3 is 0 Å². The van der Waals surface area contributed by atoms with Gasteiger partial charge in [0.05, 0.1) is 5.56 Å². The molecule has 0 aromatic carbocycles. The number of aromatic nitrogens is 1. The molecule has 0 saturated heterocycles. The quantitative estimate of drug-likeness (QED) is 0.672. The van der Waals surface area contributed by atoms with E-state index in [4.69, 9.17) is 0 Å². The van der Waals surface area contributed by atoms with E-state index in [-0.39, 0.29) is 16.5 Å². The smallest absolute Gasteiger partial charge is 0.269 e. The second-order valence-electron chi connectivity index (χ2n) is 2.52. The zero-order chi connectivity index (χ0) is 10.7. The van der Waals surface area contributed by atoms with E-state index in [1.165, 1.54) is 0 Å². The number of hydrogen-bond acceptors (Lipinski definition) is 2. The third-order valence-electron chi connectivity index (χ3n) is 1.76. The Balaban J connectivity index is 3.50. The Labute approximate surface area is 86.3 Å². The minimum atomic E-state index is -2.88. The monoisotopic (exact) mass is 265 g/mol. The molecule has 0 amide bonds. The first-order valence-electron chi connectivity index (χ1n) is 3.65. The lowest BCUT2D eigenvalue weighted by atomic mass is 10.1. The number of carbonyl (C=O) groups excluding carboxylic acids is 1. The number of H-pyrrole nitrogens is 1. The summed E-state index contributed by atoms with van der Waals surface area (Å²) in [7, 11) is 0. The second kappa shape index (κ2) is 4.45. The topological polar surface area (TPSA) is 49.9 Å². The molecule has 1 aromatic rings. The molecule has 0 aliphatic heterocycles. The third kappa shape index (κ3) is 1.89. The highest BCUT2D eigenvalue weighted by Crippen LogP contribution is 2.22. The maximum atomic E-state index is 12.4. The number of carbonyl (C=O) groups is 1. The minimum absolute atomic E-state index is 0.0405. The molecular formula is C8H6BrF2NO2. The highest BCUT2D eigenvalue weighted by Gasteiger charge is 2.19. The van der Waals surface area contributed by atoms with Gasteiger partial charge in [0.15, 0.2) is 6.29 Å². The molecule has 0 saturated carbocycles. The average Bonchev–Trinajstić information content (AvgIpc) is 2.16. The first-order chi connectivity index (χ1) is 6.61.